The van der Waals surface area contributed by atoms with E-state index < -0.39 is 29.5 Å². The number of phenolic OH excluding ortho intramolecular Hbond substituents is 1. The molecule has 0 amide bonds. The molecule has 0 spiro atoms. The van der Waals surface area contributed by atoms with Crippen molar-refractivity contribution in [3.8, 4) is 5.75 Å². The van der Waals surface area contributed by atoms with E-state index in [2.05, 4.69) is 26.0 Å². The lowest BCUT2D eigenvalue weighted by molar-refractivity contribution is -0.0921. The van der Waals surface area contributed by atoms with Crippen LogP contribution in [0.5, 0.6) is 5.75 Å². The Labute approximate surface area is 165 Å². The molecule has 2 N–H and O–H groups in total. The monoisotopic (exact) mass is 459 g/mol. The Kier molecular flexibility index (Phi) is 4.33. The second kappa shape index (κ2) is 6.37. The molecule has 0 saturated carbocycles. The molecule has 4 nitrogen and oxygen atoms in total. The van der Waals surface area contributed by atoms with Crippen LogP contribution in [0.15, 0.2) is 39.3 Å². The number of methoxy groups -OCH3 is 1. The Balaban J connectivity index is 1.79. The summed E-state index contributed by atoms with van der Waals surface area (Å²) in [4.78, 5) is 11.8. The largest absolute Gasteiger partial charge is 0.507 e. The van der Waals surface area contributed by atoms with E-state index in [1.807, 2.05) is 0 Å². The van der Waals surface area contributed by atoms with Gasteiger partial charge in [-0.25, -0.2) is 9.18 Å². The third-order valence-corrected chi connectivity index (χ3v) is 6.02. The number of nitrogens with one attached hydrogen (secondary N) is 1. The summed E-state index contributed by atoms with van der Waals surface area (Å²) >= 11 is 2.90. The molecule has 3 aliphatic rings. The van der Waals surface area contributed by atoms with Crippen LogP contribution in [0.1, 0.15) is 34.3 Å². The van der Waals surface area contributed by atoms with E-state index in [-0.39, 0.29) is 27.9 Å². The lowest BCUT2D eigenvalue weighted by Crippen LogP contribution is -2.23. The quantitative estimate of drug-likeness (QED) is 0.465. The Morgan fingerprint density at radius 2 is 2.04 bits per heavy atom. The van der Waals surface area contributed by atoms with E-state index in [9.17, 15) is 27.5 Å². The summed E-state index contributed by atoms with van der Waals surface area (Å²) < 4.78 is 58.9. The molecule has 1 aromatic carbocycles. The highest BCUT2D eigenvalue weighted by atomic mass is 79.9. The van der Waals surface area contributed by atoms with Gasteiger partial charge < -0.3 is 15.2 Å². The van der Waals surface area contributed by atoms with Gasteiger partial charge >= 0.3 is 12.1 Å². The number of phenols is 1. The van der Waals surface area contributed by atoms with Crippen molar-refractivity contribution in [2.24, 2.45) is 5.92 Å². The Bertz CT molecular complexity index is 1010. The van der Waals surface area contributed by atoms with Gasteiger partial charge in [0, 0.05) is 21.7 Å². The number of hydrogen-bond donors (Lipinski definition) is 2. The zero-order chi connectivity index (χ0) is 20.4. The minimum Gasteiger partial charge on any atom is -0.507 e. The maximum absolute atomic E-state index is 14.7. The van der Waals surface area contributed by atoms with E-state index in [0.29, 0.717) is 24.1 Å². The molecule has 0 bridgehead atoms. The van der Waals surface area contributed by atoms with Crippen LogP contribution < -0.4 is 5.32 Å². The molecule has 1 aliphatic heterocycles. The summed E-state index contributed by atoms with van der Waals surface area (Å²) in [5.41, 5.74) is 1.17. The third-order valence-electron chi connectivity index (χ3n) is 5.30. The summed E-state index contributed by atoms with van der Waals surface area (Å²) in [5.74, 6) is -2.83. The number of alkyl halides is 3. The van der Waals surface area contributed by atoms with Crippen LogP contribution in [-0.2, 0) is 11.2 Å². The normalized spacial score (nSPS) is 21.3. The van der Waals surface area contributed by atoms with Crippen molar-refractivity contribution >= 4 is 27.6 Å². The van der Waals surface area contributed by atoms with Gasteiger partial charge in [-0.3, -0.25) is 0 Å². The van der Waals surface area contributed by atoms with Crippen LogP contribution in [0.3, 0.4) is 0 Å². The fraction of sp³-hybridized carbons (Fsp3) is 0.316. The molecule has 1 aromatic rings. The lowest BCUT2D eigenvalue weighted by Gasteiger charge is -2.25. The first-order valence-electron chi connectivity index (χ1n) is 8.44. The predicted molar refractivity (Wildman–Crippen MR) is 96.1 cm³/mol. The zero-order valence-electron chi connectivity index (χ0n) is 14.5. The van der Waals surface area contributed by atoms with Gasteiger partial charge in [-0.05, 0) is 42.5 Å². The first-order valence-corrected chi connectivity index (χ1v) is 9.23. The standard InChI is InChI=1S/C19H14BrF4NO3/c1-28-18(27)11-4-7-2-3-8-10-5-12(20)14(19(22,23)24)15(21)17(10)25-16(8)9(7)6-13(11)26/h4,6,10,25-26H,2-3,5H2,1H3. The Morgan fingerprint density at radius 3 is 2.68 bits per heavy atom. The minimum absolute atomic E-state index is 0.00495. The van der Waals surface area contributed by atoms with Gasteiger partial charge in [0.15, 0.2) is 5.83 Å². The van der Waals surface area contributed by atoms with Gasteiger partial charge in [0.2, 0.25) is 0 Å². The summed E-state index contributed by atoms with van der Waals surface area (Å²) in [6.45, 7) is 0. The summed E-state index contributed by atoms with van der Waals surface area (Å²) in [5, 5.41) is 13.0. The average molecular weight is 460 g/mol. The number of rotatable bonds is 1. The van der Waals surface area contributed by atoms with E-state index in [1.54, 1.807) is 0 Å². The molecule has 1 atom stereocenters. The highest BCUT2D eigenvalue weighted by Gasteiger charge is 2.47. The van der Waals surface area contributed by atoms with E-state index in [1.165, 1.54) is 19.2 Å². The fourth-order valence-electron chi connectivity index (χ4n) is 4.05. The first-order chi connectivity index (χ1) is 13.1. The van der Waals surface area contributed by atoms with Gasteiger partial charge in [0.25, 0.3) is 0 Å². The van der Waals surface area contributed by atoms with Crippen LogP contribution in [-0.4, -0.2) is 24.4 Å². The summed E-state index contributed by atoms with van der Waals surface area (Å²) in [7, 11) is 1.20. The molecular weight excluding hydrogens is 446 g/mol. The lowest BCUT2D eigenvalue weighted by atomic mass is 9.81. The number of aromatic hydroxyl groups is 1. The van der Waals surface area contributed by atoms with Crippen molar-refractivity contribution < 1.29 is 32.2 Å². The summed E-state index contributed by atoms with van der Waals surface area (Å²) in [6.07, 6.45) is -3.79. The number of carbonyl (C=O) groups excluding carboxylic acids is 1. The van der Waals surface area contributed by atoms with Crippen LogP contribution in [0.2, 0.25) is 0 Å². The fourth-order valence-corrected chi connectivity index (χ4v) is 4.77. The van der Waals surface area contributed by atoms with E-state index >= 15 is 0 Å². The minimum atomic E-state index is -4.81. The number of fused-ring (bicyclic) bond motifs is 4. The highest BCUT2D eigenvalue weighted by Crippen LogP contribution is 2.52. The van der Waals surface area contributed by atoms with Crippen LogP contribution in [0.25, 0.3) is 5.70 Å². The predicted octanol–water partition coefficient (Wildman–Crippen LogP) is 4.85. The van der Waals surface area contributed by atoms with Crippen molar-refractivity contribution in [1.29, 1.82) is 0 Å². The molecule has 28 heavy (non-hydrogen) atoms. The average Bonchev–Trinajstić information content (AvgIpc) is 2.98. The van der Waals surface area contributed by atoms with E-state index in [0.717, 1.165) is 11.1 Å². The van der Waals surface area contributed by atoms with Crippen LogP contribution in [0.4, 0.5) is 17.6 Å². The second-order valence-electron chi connectivity index (χ2n) is 6.81. The third kappa shape index (κ3) is 2.75. The number of benzene rings is 1. The van der Waals surface area contributed by atoms with Gasteiger partial charge in [0.1, 0.15) is 16.9 Å². The zero-order valence-corrected chi connectivity index (χ0v) is 16.1. The number of halogens is 5. The molecular formula is C19H14BrF4NO3. The number of carbonyl (C=O) groups is 1. The van der Waals surface area contributed by atoms with Crippen molar-refractivity contribution in [3.05, 3.63) is 56.0 Å². The molecule has 148 valence electrons. The maximum atomic E-state index is 14.7. The van der Waals surface area contributed by atoms with E-state index in [4.69, 9.17) is 0 Å². The van der Waals surface area contributed by atoms with Gasteiger partial charge in [-0.1, -0.05) is 15.9 Å². The smallest absolute Gasteiger partial charge is 0.420 e. The maximum Gasteiger partial charge on any atom is 0.420 e. The van der Waals surface area contributed by atoms with Crippen LogP contribution >= 0.6 is 15.9 Å². The van der Waals surface area contributed by atoms with Gasteiger partial charge in [0.05, 0.1) is 12.8 Å². The molecule has 0 fully saturated rings. The highest BCUT2D eigenvalue weighted by molar-refractivity contribution is 9.11. The van der Waals surface area contributed by atoms with Crippen LogP contribution in [0, 0.1) is 5.92 Å². The summed E-state index contributed by atoms with van der Waals surface area (Å²) in [6, 6.07) is 2.87. The molecule has 0 radical (unpaired) electrons. The SMILES string of the molecule is COC(=O)c1cc2c(cc1O)C1=C(CC2)C2CC(Br)=C(C(F)(F)F)C(F)=C2N1. The first kappa shape index (κ1) is 19.0. The second-order valence-corrected chi connectivity index (χ2v) is 7.76. The number of esters is 1. The number of hydrogen-bond acceptors (Lipinski definition) is 4. The molecule has 0 aromatic heterocycles. The van der Waals surface area contributed by atoms with Crippen molar-refractivity contribution in [2.45, 2.75) is 25.4 Å². The number of allylic oxidation sites excluding steroid dienone is 4. The molecule has 2 aliphatic carbocycles. The number of aryl methyl sites for hydroxylation is 1. The number of ether oxygens (including phenoxy) is 1. The molecule has 0 saturated heterocycles. The molecule has 9 heteroatoms. The van der Waals surface area contributed by atoms with Gasteiger partial charge in [-0.2, -0.15) is 13.2 Å². The molecule has 4 rings (SSSR count). The molecule has 1 heterocycles. The van der Waals surface area contributed by atoms with Crippen molar-refractivity contribution in [1.82, 2.24) is 5.32 Å². The van der Waals surface area contributed by atoms with Crippen molar-refractivity contribution in [3.63, 3.8) is 0 Å². The Morgan fingerprint density at radius 1 is 1.32 bits per heavy atom. The van der Waals surface area contributed by atoms with Crippen molar-refractivity contribution in [2.75, 3.05) is 7.11 Å². The molecule has 1 unspecified atom stereocenters. The Hall–Kier alpha value is -2.29. The van der Waals surface area contributed by atoms with Gasteiger partial charge in [-0.15, -0.1) is 0 Å². The topological polar surface area (TPSA) is 58.6 Å².